The summed E-state index contributed by atoms with van der Waals surface area (Å²) in [6.07, 6.45) is 5.71. The highest BCUT2D eigenvalue weighted by molar-refractivity contribution is 9.10. The second kappa shape index (κ2) is 5.95. The summed E-state index contributed by atoms with van der Waals surface area (Å²) >= 11 is 5.15. The van der Waals surface area contributed by atoms with Gasteiger partial charge >= 0.3 is 0 Å². The fraction of sp³-hybridized carbons (Fsp3) is 0.500. The molecule has 0 spiro atoms. The van der Waals surface area contributed by atoms with Gasteiger partial charge in [-0.3, -0.25) is 4.68 Å². The summed E-state index contributed by atoms with van der Waals surface area (Å²) in [7, 11) is 0. The van der Waals surface area contributed by atoms with Crippen LogP contribution in [0.4, 0.5) is 0 Å². The van der Waals surface area contributed by atoms with Gasteiger partial charge in [0.2, 0.25) is 0 Å². The highest BCUT2D eigenvalue weighted by Gasteiger charge is 2.13. The molecule has 2 heterocycles. The zero-order valence-electron chi connectivity index (χ0n) is 10.7. The van der Waals surface area contributed by atoms with Crippen molar-refractivity contribution >= 4 is 27.3 Å². The fourth-order valence-corrected chi connectivity index (χ4v) is 2.96. The van der Waals surface area contributed by atoms with Crippen LogP contribution in [0, 0.1) is 6.92 Å². The number of thiazole rings is 1. The number of hydrogen-bond donors (Lipinski definition) is 1. The van der Waals surface area contributed by atoms with Crippen LogP contribution in [0.1, 0.15) is 29.8 Å². The van der Waals surface area contributed by atoms with E-state index < -0.39 is 0 Å². The van der Waals surface area contributed by atoms with Crippen molar-refractivity contribution < 1.29 is 0 Å². The van der Waals surface area contributed by atoms with E-state index in [0.717, 1.165) is 16.0 Å². The number of aryl methyl sites for hydroxylation is 1. The van der Waals surface area contributed by atoms with Crippen molar-refractivity contribution in [2.75, 3.05) is 0 Å². The van der Waals surface area contributed by atoms with E-state index in [9.17, 15) is 0 Å². The normalized spacial score (nSPS) is 14.7. The van der Waals surface area contributed by atoms with E-state index in [1.54, 1.807) is 17.5 Å². The molecule has 0 aliphatic rings. The molecule has 0 saturated heterocycles. The van der Waals surface area contributed by atoms with Gasteiger partial charge in [0.05, 0.1) is 23.3 Å². The van der Waals surface area contributed by atoms with Crippen LogP contribution in [-0.4, -0.2) is 20.8 Å². The Morgan fingerprint density at radius 2 is 2.22 bits per heavy atom. The summed E-state index contributed by atoms with van der Waals surface area (Å²) in [6.45, 7) is 7.24. The van der Waals surface area contributed by atoms with Gasteiger partial charge in [-0.25, -0.2) is 4.98 Å². The predicted octanol–water partition coefficient (Wildman–Crippen LogP) is 3.15. The van der Waals surface area contributed by atoms with Crippen molar-refractivity contribution in [3.05, 3.63) is 32.9 Å². The van der Waals surface area contributed by atoms with Crippen molar-refractivity contribution in [1.29, 1.82) is 0 Å². The zero-order valence-corrected chi connectivity index (χ0v) is 13.1. The van der Waals surface area contributed by atoms with Crippen molar-refractivity contribution in [1.82, 2.24) is 20.1 Å². The van der Waals surface area contributed by atoms with Crippen molar-refractivity contribution in [2.45, 2.75) is 39.4 Å². The lowest BCUT2D eigenvalue weighted by Gasteiger charge is -2.18. The maximum atomic E-state index is 4.41. The van der Waals surface area contributed by atoms with E-state index in [-0.39, 0.29) is 6.04 Å². The SMILES string of the molecule is Cc1cnc([C@H](C)N[C@@H](C)Cn2cc(Br)cn2)s1. The van der Waals surface area contributed by atoms with Gasteiger partial charge in [-0.2, -0.15) is 5.10 Å². The first-order valence-corrected chi connectivity index (χ1v) is 7.52. The van der Waals surface area contributed by atoms with Crippen LogP contribution >= 0.6 is 27.3 Å². The second-order valence-electron chi connectivity index (χ2n) is 4.48. The van der Waals surface area contributed by atoms with Crippen molar-refractivity contribution in [2.24, 2.45) is 0 Å². The topological polar surface area (TPSA) is 42.7 Å². The predicted molar refractivity (Wildman–Crippen MR) is 77.8 cm³/mol. The highest BCUT2D eigenvalue weighted by atomic mass is 79.9. The first-order chi connectivity index (χ1) is 8.54. The van der Waals surface area contributed by atoms with E-state index in [0.29, 0.717) is 6.04 Å². The Kier molecular flexibility index (Phi) is 4.53. The quantitative estimate of drug-likeness (QED) is 0.916. The van der Waals surface area contributed by atoms with Gasteiger partial charge < -0.3 is 5.32 Å². The highest BCUT2D eigenvalue weighted by Crippen LogP contribution is 2.19. The van der Waals surface area contributed by atoms with Gasteiger partial charge in [0.25, 0.3) is 0 Å². The third-order valence-corrected chi connectivity index (χ3v) is 4.11. The average Bonchev–Trinajstić information content (AvgIpc) is 2.87. The Bertz CT molecular complexity index is 508. The molecule has 4 nitrogen and oxygen atoms in total. The Morgan fingerprint density at radius 3 is 2.78 bits per heavy atom. The molecule has 98 valence electrons. The van der Waals surface area contributed by atoms with Crippen LogP contribution < -0.4 is 5.32 Å². The summed E-state index contributed by atoms with van der Waals surface area (Å²) in [4.78, 5) is 5.66. The number of halogens is 1. The van der Waals surface area contributed by atoms with Crippen LogP contribution in [0.5, 0.6) is 0 Å². The van der Waals surface area contributed by atoms with E-state index in [1.807, 2.05) is 17.1 Å². The molecule has 0 amide bonds. The molecule has 1 N–H and O–H groups in total. The minimum Gasteiger partial charge on any atom is -0.304 e. The van der Waals surface area contributed by atoms with Crippen LogP contribution in [0.3, 0.4) is 0 Å². The Balaban J connectivity index is 1.89. The second-order valence-corrected chi connectivity index (χ2v) is 6.66. The number of aromatic nitrogens is 3. The molecular formula is C12H17BrN4S. The van der Waals surface area contributed by atoms with Gasteiger partial charge in [0.15, 0.2) is 0 Å². The molecule has 0 bridgehead atoms. The molecule has 0 saturated carbocycles. The third kappa shape index (κ3) is 3.63. The number of hydrogen-bond acceptors (Lipinski definition) is 4. The molecule has 6 heteroatoms. The van der Waals surface area contributed by atoms with Gasteiger partial charge in [-0.15, -0.1) is 11.3 Å². The summed E-state index contributed by atoms with van der Waals surface area (Å²) in [5.74, 6) is 0. The maximum absolute atomic E-state index is 4.41. The van der Waals surface area contributed by atoms with Gasteiger partial charge in [0.1, 0.15) is 5.01 Å². The zero-order chi connectivity index (χ0) is 13.1. The van der Waals surface area contributed by atoms with Crippen molar-refractivity contribution in [3.63, 3.8) is 0 Å². The molecule has 0 aliphatic carbocycles. The molecular weight excluding hydrogens is 312 g/mol. The molecule has 0 aliphatic heterocycles. The van der Waals surface area contributed by atoms with E-state index >= 15 is 0 Å². The van der Waals surface area contributed by atoms with E-state index in [1.165, 1.54) is 4.88 Å². The molecule has 0 aromatic carbocycles. The summed E-state index contributed by atoms with van der Waals surface area (Å²) in [5.41, 5.74) is 0. The fourth-order valence-electron chi connectivity index (χ4n) is 1.84. The molecule has 2 rings (SSSR count). The van der Waals surface area contributed by atoms with E-state index in [2.05, 4.69) is 52.1 Å². The monoisotopic (exact) mass is 328 g/mol. The standard InChI is InChI=1S/C12H17BrN4S/c1-8(6-17-7-11(13)5-15-17)16-10(3)12-14-4-9(2)18-12/h4-5,7-8,10,16H,6H2,1-3H3/t8-,10-/m0/s1. The molecule has 2 aromatic heterocycles. The van der Waals surface area contributed by atoms with Gasteiger partial charge in [-0.1, -0.05) is 0 Å². The summed E-state index contributed by atoms with van der Waals surface area (Å²) in [6, 6.07) is 0.619. The molecule has 2 aromatic rings. The summed E-state index contributed by atoms with van der Waals surface area (Å²) < 4.78 is 2.94. The average molecular weight is 329 g/mol. The molecule has 0 fully saturated rings. The Hall–Kier alpha value is -0.720. The number of nitrogens with zero attached hydrogens (tertiary/aromatic N) is 3. The van der Waals surface area contributed by atoms with E-state index in [4.69, 9.17) is 0 Å². The lowest BCUT2D eigenvalue weighted by molar-refractivity contribution is 0.412. The number of rotatable bonds is 5. The minimum absolute atomic E-state index is 0.276. The third-order valence-electron chi connectivity index (χ3n) is 2.61. The lowest BCUT2D eigenvalue weighted by atomic mass is 10.2. The Labute approximate surface area is 120 Å². The van der Waals surface area contributed by atoms with Crippen LogP contribution in [0.15, 0.2) is 23.1 Å². The molecule has 18 heavy (non-hydrogen) atoms. The number of nitrogens with one attached hydrogen (secondary N) is 1. The van der Waals surface area contributed by atoms with Crippen molar-refractivity contribution in [3.8, 4) is 0 Å². The largest absolute Gasteiger partial charge is 0.304 e. The summed E-state index contributed by atoms with van der Waals surface area (Å²) in [5, 5.41) is 8.94. The van der Waals surface area contributed by atoms with Gasteiger partial charge in [0, 0.05) is 23.3 Å². The van der Waals surface area contributed by atoms with Crippen LogP contribution in [0.2, 0.25) is 0 Å². The molecule has 0 unspecified atom stereocenters. The minimum atomic E-state index is 0.276. The van der Waals surface area contributed by atoms with Crippen LogP contribution in [0.25, 0.3) is 0 Å². The Morgan fingerprint density at radius 1 is 1.44 bits per heavy atom. The van der Waals surface area contributed by atoms with Crippen LogP contribution in [-0.2, 0) is 6.54 Å². The molecule has 0 radical (unpaired) electrons. The van der Waals surface area contributed by atoms with Gasteiger partial charge in [-0.05, 0) is 36.7 Å². The first-order valence-electron chi connectivity index (χ1n) is 5.91. The smallest absolute Gasteiger partial charge is 0.109 e. The maximum Gasteiger partial charge on any atom is 0.109 e. The first kappa shape index (κ1) is 13.7. The lowest BCUT2D eigenvalue weighted by Crippen LogP contribution is -2.32. The molecule has 2 atom stereocenters.